The summed E-state index contributed by atoms with van der Waals surface area (Å²) in [6, 6.07) is 27.6. The summed E-state index contributed by atoms with van der Waals surface area (Å²) in [5.74, 6) is -0.547. The number of hydrogen-bond donors (Lipinski definition) is 3. The van der Waals surface area contributed by atoms with Gasteiger partial charge in [-0.1, -0.05) is 61.5 Å². The van der Waals surface area contributed by atoms with Crippen molar-refractivity contribution in [1.82, 2.24) is 20.1 Å². The lowest BCUT2D eigenvalue weighted by Crippen LogP contribution is -2.56. The number of carbonyl (C=O) groups is 2. The molecule has 0 unspecified atom stereocenters. The lowest BCUT2D eigenvalue weighted by Gasteiger charge is -2.37. The van der Waals surface area contributed by atoms with Crippen LogP contribution in [0.5, 0.6) is 0 Å². The van der Waals surface area contributed by atoms with Crippen molar-refractivity contribution in [3.8, 4) is 10.4 Å². The van der Waals surface area contributed by atoms with Crippen LogP contribution in [0.25, 0.3) is 21.3 Å². The van der Waals surface area contributed by atoms with Crippen LogP contribution in [-0.4, -0.2) is 73.0 Å². The monoisotopic (exact) mass is 620 g/mol. The number of hydrogen-bond acceptors (Lipinski definition) is 5. The van der Waals surface area contributed by atoms with Crippen molar-refractivity contribution < 1.29 is 9.59 Å². The Morgan fingerprint density at radius 3 is 2.42 bits per heavy atom. The van der Waals surface area contributed by atoms with Crippen molar-refractivity contribution in [3.05, 3.63) is 108 Å². The van der Waals surface area contributed by atoms with E-state index in [2.05, 4.69) is 61.8 Å². The van der Waals surface area contributed by atoms with Crippen LogP contribution >= 0.6 is 11.3 Å². The van der Waals surface area contributed by atoms with E-state index in [-0.39, 0.29) is 17.9 Å². The number of fused-ring (bicyclic) bond motifs is 1. The SMILES string of the molecule is C[C@@H](c1c[nH]c2ccccc12)[C@@H](NC(=O)N1CCN(c2ccccc2)CC1)C(=O)Nc1cc(CN(C)C)ccc1-c1cccs1. The van der Waals surface area contributed by atoms with Crippen LogP contribution in [0.2, 0.25) is 0 Å². The number of urea groups is 1. The maximum Gasteiger partial charge on any atom is 0.318 e. The van der Waals surface area contributed by atoms with E-state index in [1.807, 2.05) is 86.0 Å². The molecular formula is C36H40N6O2S. The molecule has 2 atom stereocenters. The summed E-state index contributed by atoms with van der Waals surface area (Å²) in [5, 5.41) is 9.47. The van der Waals surface area contributed by atoms with Gasteiger partial charge in [-0.15, -0.1) is 11.3 Å². The number of thiophene rings is 1. The first-order valence-corrected chi connectivity index (χ1v) is 16.3. The predicted molar refractivity (Wildman–Crippen MR) is 185 cm³/mol. The van der Waals surface area contributed by atoms with Gasteiger partial charge in [-0.25, -0.2) is 4.79 Å². The van der Waals surface area contributed by atoms with Crippen molar-refractivity contribution in [1.29, 1.82) is 0 Å². The molecule has 3 amide bonds. The quantitative estimate of drug-likeness (QED) is 0.173. The second-order valence-corrected chi connectivity index (χ2v) is 12.8. The van der Waals surface area contributed by atoms with Gasteiger partial charge in [0.2, 0.25) is 5.91 Å². The molecule has 0 aliphatic carbocycles. The Morgan fingerprint density at radius 1 is 0.933 bits per heavy atom. The number of carbonyl (C=O) groups excluding carboxylic acids is 2. The molecule has 3 N–H and O–H groups in total. The van der Waals surface area contributed by atoms with Crippen molar-refractivity contribution >= 4 is 45.6 Å². The largest absolute Gasteiger partial charge is 0.368 e. The Kier molecular flexibility index (Phi) is 9.18. The number of piperazine rings is 1. The highest BCUT2D eigenvalue weighted by molar-refractivity contribution is 7.13. The summed E-state index contributed by atoms with van der Waals surface area (Å²) in [4.78, 5) is 38.7. The van der Waals surface area contributed by atoms with Crippen LogP contribution in [-0.2, 0) is 11.3 Å². The smallest absolute Gasteiger partial charge is 0.318 e. The van der Waals surface area contributed by atoms with Gasteiger partial charge in [0.15, 0.2) is 0 Å². The van der Waals surface area contributed by atoms with E-state index in [4.69, 9.17) is 0 Å². The molecule has 1 saturated heterocycles. The third-order valence-electron chi connectivity index (χ3n) is 8.49. The lowest BCUT2D eigenvalue weighted by molar-refractivity contribution is -0.118. The number of amides is 3. The Balaban J connectivity index is 1.27. The van der Waals surface area contributed by atoms with Gasteiger partial charge in [0.05, 0.1) is 0 Å². The van der Waals surface area contributed by atoms with Gasteiger partial charge in [0, 0.05) is 77.6 Å². The first kappa shape index (κ1) is 30.4. The molecule has 6 rings (SSSR count). The van der Waals surface area contributed by atoms with E-state index in [1.54, 1.807) is 11.3 Å². The topological polar surface area (TPSA) is 83.7 Å². The van der Waals surface area contributed by atoms with E-state index in [0.717, 1.165) is 63.5 Å². The normalized spacial score (nSPS) is 14.8. The maximum atomic E-state index is 14.3. The molecule has 8 nitrogen and oxygen atoms in total. The minimum absolute atomic E-state index is 0.227. The molecule has 0 saturated carbocycles. The molecule has 0 spiro atoms. The molecule has 9 heteroatoms. The number of nitrogens with zero attached hydrogens (tertiary/aromatic N) is 3. The molecule has 5 aromatic rings. The molecule has 2 aromatic heterocycles. The number of H-pyrrole nitrogens is 1. The van der Waals surface area contributed by atoms with E-state index in [9.17, 15) is 9.59 Å². The van der Waals surface area contributed by atoms with Gasteiger partial charge in [-0.05, 0) is 60.9 Å². The molecule has 1 fully saturated rings. The Bertz CT molecular complexity index is 1740. The number of aromatic nitrogens is 1. The van der Waals surface area contributed by atoms with E-state index >= 15 is 0 Å². The summed E-state index contributed by atoms with van der Waals surface area (Å²) in [6.45, 7) is 5.37. The van der Waals surface area contributed by atoms with Crippen LogP contribution in [0.15, 0.2) is 96.5 Å². The molecule has 3 aromatic carbocycles. The molecule has 1 aliphatic rings. The Morgan fingerprint density at radius 2 is 1.69 bits per heavy atom. The zero-order valence-corrected chi connectivity index (χ0v) is 26.8. The lowest BCUT2D eigenvalue weighted by atomic mass is 9.92. The van der Waals surface area contributed by atoms with Crippen molar-refractivity contribution in [2.75, 3.05) is 50.5 Å². The number of benzene rings is 3. The molecule has 45 heavy (non-hydrogen) atoms. The second-order valence-electron chi connectivity index (χ2n) is 11.9. The summed E-state index contributed by atoms with van der Waals surface area (Å²) in [7, 11) is 4.05. The number of nitrogens with one attached hydrogen (secondary N) is 3. The summed E-state index contributed by atoms with van der Waals surface area (Å²) < 4.78 is 0. The van der Waals surface area contributed by atoms with Gasteiger partial charge in [0.1, 0.15) is 6.04 Å². The first-order valence-electron chi connectivity index (χ1n) is 15.4. The summed E-state index contributed by atoms with van der Waals surface area (Å²) in [5.41, 5.74) is 5.93. The van der Waals surface area contributed by atoms with Crippen LogP contribution < -0.4 is 15.5 Å². The third kappa shape index (κ3) is 6.90. The van der Waals surface area contributed by atoms with Gasteiger partial charge in [-0.3, -0.25) is 4.79 Å². The molecular weight excluding hydrogens is 581 g/mol. The number of anilines is 2. The average Bonchev–Trinajstić information content (AvgIpc) is 3.74. The summed E-state index contributed by atoms with van der Waals surface area (Å²) in [6.07, 6.45) is 1.95. The van der Waals surface area contributed by atoms with Gasteiger partial charge in [-0.2, -0.15) is 0 Å². The van der Waals surface area contributed by atoms with Crippen molar-refractivity contribution in [3.63, 3.8) is 0 Å². The first-order chi connectivity index (χ1) is 21.9. The van der Waals surface area contributed by atoms with Gasteiger partial charge in [0.25, 0.3) is 0 Å². The van der Waals surface area contributed by atoms with Crippen molar-refractivity contribution in [2.45, 2.75) is 25.4 Å². The number of rotatable bonds is 9. The van der Waals surface area contributed by atoms with Crippen LogP contribution in [0.3, 0.4) is 0 Å². The van der Waals surface area contributed by atoms with Crippen LogP contribution in [0, 0.1) is 0 Å². The Labute approximate surface area is 268 Å². The highest BCUT2D eigenvalue weighted by Crippen LogP contribution is 2.34. The molecule has 3 heterocycles. The number of aromatic amines is 1. The zero-order chi connectivity index (χ0) is 31.3. The minimum Gasteiger partial charge on any atom is -0.368 e. The standard InChI is InChI=1S/C36H40N6O2S/c1-25(30-23-37-31-13-8-7-12-28(30)31)34(39-36(44)42-19-17-41(18-20-42)27-10-5-4-6-11-27)35(43)38-32-22-26(24-40(2)3)15-16-29(32)33-14-9-21-45-33/h4-16,21-23,25,34,37H,17-20,24H2,1-3H3,(H,38,43)(H,39,44)/t25-,34+/m0/s1. The highest BCUT2D eigenvalue weighted by Gasteiger charge is 2.32. The predicted octanol–water partition coefficient (Wildman–Crippen LogP) is 6.60. The fourth-order valence-corrected chi connectivity index (χ4v) is 6.88. The highest BCUT2D eigenvalue weighted by atomic mass is 32.1. The summed E-state index contributed by atoms with van der Waals surface area (Å²) >= 11 is 1.63. The van der Waals surface area contributed by atoms with Crippen LogP contribution in [0.1, 0.15) is 24.0 Å². The fourth-order valence-electron chi connectivity index (χ4n) is 6.11. The number of para-hydroxylation sites is 2. The van der Waals surface area contributed by atoms with E-state index < -0.39 is 6.04 Å². The molecule has 0 bridgehead atoms. The van der Waals surface area contributed by atoms with Gasteiger partial charge >= 0.3 is 6.03 Å². The van der Waals surface area contributed by atoms with Crippen molar-refractivity contribution in [2.24, 2.45) is 0 Å². The minimum atomic E-state index is -0.808. The van der Waals surface area contributed by atoms with Crippen LogP contribution in [0.4, 0.5) is 16.2 Å². The van der Waals surface area contributed by atoms with Gasteiger partial charge < -0.3 is 30.3 Å². The second kappa shape index (κ2) is 13.6. The molecule has 232 valence electrons. The Hall–Kier alpha value is -4.60. The molecule has 1 aliphatic heterocycles. The van der Waals surface area contributed by atoms with E-state index in [1.165, 1.54) is 0 Å². The average molecular weight is 621 g/mol. The zero-order valence-electron chi connectivity index (χ0n) is 26.0. The maximum absolute atomic E-state index is 14.3. The fraction of sp³-hybridized carbons (Fsp3) is 0.278. The third-order valence-corrected chi connectivity index (χ3v) is 9.39. The molecule has 0 radical (unpaired) electrons. The van der Waals surface area contributed by atoms with E-state index in [0.29, 0.717) is 13.1 Å².